The van der Waals surface area contributed by atoms with Gasteiger partial charge in [-0.15, -0.1) is 0 Å². The Kier molecular flexibility index (Phi) is 18.1. The zero-order valence-electron chi connectivity index (χ0n) is 12.6. The van der Waals surface area contributed by atoms with Gasteiger partial charge in [-0.1, -0.05) is 32.6 Å². The Morgan fingerprint density at radius 2 is 1.16 bits per heavy atom. The molecule has 4 nitrogen and oxygen atoms in total. The summed E-state index contributed by atoms with van der Waals surface area (Å²) in [6, 6.07) is 0. The fourth-order valence-corrected chi connectivity index (χ4v) is 1.84. The second-order valence-electron chi connectivity index (χ2n) is 4.30. The fourth-order valence-electron chi connectivity index (χ4n) is 1.55. The topological polar surface area (TPSA) is 36.9 Å². The highest BCUT2D eigenvalue weighted by atomic mass is 28.2. The summed E-state index contributed by atoms with van der Waals surface area (Å²) < 4.78 is 21.4. The highest BCUT2D eigenvalue weighted by molar-refractivity contribution is 6.24. The molecule has 0 fully saturated rings. The lowest BCUT2D eigenvalue weighted by Gasteiger charge is -2.07. The van der Waals surface area contributed by atoms with Crippen LogP contribution in [-0.4, -0.2) is 56.0 Å². The third-order valence-electron chi connectivity index (χ3n) is 2.61. The molecule has 0 N–H and O–H groups in total. The van der Waals surface area contributed by atoms with Gasteiger partial charge in [0, 0.05) is 6.61 Å². The third-order valence-corrected chi connectivity index (χ3v) is 3.10. The first kappa shape index (κ1) is 19.1. The number of hydrogen-bond acceptors (Lipinski definition) is 4. The molecule has 0 unspecified atom stereocenters. The molecule has 0 saturated carbocycles. The molecule has 0 aromatic carbocycles. The minimum absolute atomic E-state index is 0.541. The Morgan fingerprint density at radius 1 is 0.632 bits per heavy atom. The van der Waals surface area contributed by atoms with Crippen LogP contribution in [0.2, 0.25) is 6.55 Å². The molecular formula is C14H30O4Si. The molecule has 0 aliphatic rings. The van der Waals surface area contributed by atoms with Gasteiger partial charge in [-0.25, -0.2) is 0 Å². The molecule has 5 heteroatoms. The number of unbranched alkanes of at least 4 members (excludes halogenated alkanes) is 4. The average molecular weight is 290 g/mol. The molecule has 0 aliphatic heterocycles. The lowest BCUT2D eigenvalue weighted by atomic mass is 10.2. The van der Waals surface area contributed by atoms with Crippen molar-refractivity contribution in [1.82, 2.24) is 0 Å². The summed E-state index contributed by atoms with van der Waals surface area (Å²) in [5.74, 6) is 0. The fraction of sp³-hybridized carbons (Fsp3) is 1.00. The second-order valence-corrected chi connectivity index (χ2v) is 5.00. The Bertz CT molecular complexity index is 142. The van der Waals surface area contributed by atoms with E-state index in [1.54, 1.807) is 0 Å². The average Bonchev–Trinajstić information content (AvgIpc) is 2.43. The van der Waals surface area contributed by atoms with Crippen LogP contribution < -0.4 is 0 Å². The Labute approximate surface area is 121 Å². The van der Waals surface area contributed by atoms with Crippen molar-refractivity contribution in [2.75, 3.05) is 46.2 Å². The Morgan fingerprint density at radius 3 is 1.74 bits per heavy atom. The van der Waals surface area contributed by atoms with Crippen molar-refractivity contribution in [1.29, 1.82) is 0 Å². The molecule has 0 heterocycles. The lowest BCUT2D eigenvalue weighted by molar-refractivity contribution is 0.00897. The minimum atomic E-state index is 0.541. The molecule has 0 aromatic heterocycles. The molecule has 0 rings (SSSR count). The normalized spacial score (nSPS) is 11.1. The molecule has 19 heavy (non-hydrogen) atoms. The van der Waals surface area contributed by atoms with Crippen molar-refractivity contribution in [2.24, 2.45) is 0 Å². The van der Waals surface area contributed by atoms with Gasteiger partial charge < -0.3 is 18.6 Å². The molecule has 0 bridgehead atoms. The van der Waals surface area contributed by atoms with Crippen molar-refractivity contribution in [3.63, 3.8) is 0 Å². The van der Waals surface area contributed by atoms with E-state index in [-0.39, 0.29) is 0 Å². The quantitative estimate of drug-likeness (QED) is 0.323. The smallest absolute Gasteiger partial charge is 0.226 e. The molecule has 114 valence electrons. The van der Waals surface area contributed by atoms with Gasteiger partial charge in [-0.2, -0.15) is 0 Å². The van der Waals surface area contributed by atoms with Crippen molar-refractivity contribution >= 4 is 9.76 Å². The number of rotatable bonds is 16. The molecule has 0 spiro atoms. The molecule has 0 atom stereocenters. The monoisotopic (exact) mass is 290 g/mol. The summed E-state index contributed by atoms with van der Waals surface area (Å²) in [6.07, 6.45) is 6.41. The summed E-state index contributed by atoms with van der Waals surface area (Å²) >= 11 is 0. The van der Waals surface area contributed by atoms with Crippen molar-refractivity contribution in [3.8, 4) is 0 Å². The first-order chi connectivity index (χ1) is 9.41. The molecular weight excluding hydrogens is 260 g/mol. The maximum Gasteiger partial charge on any atom is 0.226 e. The van der Waals surface area contributed by atoms with Crippen LogP contribution in [0.15, 0.2) is 0 Å². The zero-order valence-corrected chi connectivity index (χ0v) is 13.6. The maximum absolute atomic E-state index is 5.49. The van der Waals surface area contributed by atoms with E-state index < -0.39 is 0 Å². The van der Waals surface area contributed by atoms with Gasteiger partial charge in [0.1, 0.15) is 0 Å². The summed E-state index contributed by atoms with van der Waals surface area (Å²) in [5, 5.41) is 0. The first-order valence-corrected chi connectivity index (χ1v) is 8.84. The molecule has 2 radical (unpaired) electrons. The first-order valence-electron chi connectivity index (χ1n) is 7.43. The highest BCUT2D eigenvalue weighted by Crippen LogP contribution is 2.02. The van der Waals surface area contributed by atoms with Gasteiger partial charge in [0.2, 0.25) is 9.76 Å². The molecule has 0 saturated heterocycles. The summed E-state index contributed by atoms with van der Waals surface area (Å²) in [4.78, 5) is 0. The second kappa shape index (κ2) is 18.1. The van der Waals surface area contributed by atoms with Crippen molar-refractivity contribution in [3.05, 3.63) is 0 Å². The van der Waals surface area contributed by atoms with Crippen LogP contribution >= 0.6 is 0 Å². The molecule has 0 aromatic rings. The lowest BCUT2D eigenvalue weighted by Crippen LogP contribution is -2.12. The Hall–Kier alpha value is 0.0569. The summed E-state index contributed by atoms with van der Waals surface area (Å²) in [7, 11) is 0.541. The summed E-state index contributed by atoms with van der Waals surface area (Å²) in [5.41, 5.74) is 0. The molecule has 0 aliphatic carbocycles. The summed E-state index contributed by atoms with van der Waals surface area (Å²) in [6.45, 7) is 9.04. The molecule has 0 amide bonds. The number of ether oxygens (including phenoxy) is 3. The van der Waals surface area contributed by atoms with Crippen LogP contribution in [0, 0.1) is 0 Å². The van der Waals surface area contributed by atoms with Crippen molar-refractivity contribution < 1.29 is 18.6 Å². The van der Waals surface area contributed by atoms with E-state index in [0.717, 1.165) is 6.61 Å². The third kappa shape index (κ3) is 18.1. The predicted molar refractivity (Wildman–Crippen MR) is 78.8 cm³/mol. The van der Waals surface area contributed by atoms with Gasteiger partial charge in [0.15, 0.2) is 0 Å². The predicted octanol–water partition coefficient (Wildman–Crippen LogP) is 2.69. The SMILES string of the molecule is CCCCCCCOCCOCCOCCO[Si]C. The van der Waals surface area contributed by atoms with Crippen LogP contribution in [0.4, 0.5) is 0 Å². The van der Waals surface area contributed by atoms with Gasteiger partial charge in [-0.3, -0.25) is 0 Å². The standard InChI is InChI=1S/C14H30O4Si/c1-3-4-5-6-7-8-15-9-10-16-11-12-17-13-14-18-19-2/h3-14H2,1-2H3. The zero-order chi connectivity index (χ0) is 14.0. The van der Waals surface area contributed by atoms with Crippen LogP contribution in [0.1, 0.15) is 39.0 Å². The van der Waals surface area contributed by atoms with Gasteiger partial charge in [-0.05, 0) is 13.0 Å². The van der Waals surface area contributed by atoms with Crippen LogP contribution in [0.25, 0.3) is 0 Å². The van der Waals surface area contributed by atoms with Crippen molar-refractivity contribution in [2.45, 2.75) is 45.6 Å². The van der Waals surface area contributed by atoms with E-state index in [1.807, 2.05) is 6.55 Å². The van der Waals surface area contributed by atoms with Crippen LogP contribution in [0.5, 0.6) is 0 Å². The highest BCUT2D eigenvalue weighted by Gasteiger charge is 1.93. The minimum Gasteiger partial charge on any atom is -0.415 e. The van der Waals surface area contributed by atoms with E-state index in [9.17, 15) is 0 Å². The van der Waals surface area contributed by atoms with E-state index in [4.69, 9.17) is 18.6 Å². The van der Waals surface area contributed by atoms with Gasteiger partial charge >= 0.3 is 0 Å². The maximum atomic E-state index is 5.49. The van der Waals surface area contributed by atoms with Crippen LogP contribution in [0.3, 0.4) is 0 Å². The Balaban J connectivity index is 2.88. The van der Waals surface area contributed by atoms with Crippen LogP contribution in [-0.2, 0) is 18.6 Å². The van der Waals surface area contributed by atoms with Gasteiger partial charge in [0.25, 0.3) is 0 Å². The van der Waals surface area contributed by atoms with E-state index >= 15 is 0 Å². The van der Waals surface area contributed by atoms with Gasteiger partial charge in [0.05, 0.1) is 39.6 Å². The largest absolute Gasteiger partial charge is 0.415 e. The van der Waals surface area contributed by atoms with E-state index in [0.29, 0.717) is 49.4 Å². The number of hydrogen-bond donors (Lipinski definition) is 0. The van der Waals surface area contributed by atoms with E-state index in [1.165, 1.54) is 32.1 Å². The van der Waals surface area contributed by atoms with E-state index in [2.05, 4.69) is 6.92 Å².